The van der Waals surface area contributed by atoms with E-state index in [0.29, 0.717) is 17.5 Å². The normalized spacial score (nSPS) is 14.9. The first kappa shape index (κ1) is 31.0. The molecule has 10 aromatic rings. The van der Waals surface area contributed by atoms with Gasteiger partial charge in [-0.25, -0.2) is 15.0 Å². The van der Waals surface area contributed by atoms with Crippen molar-refractivity contribution in [1.82, 2.24) is 15.0 Å². The summed E-state index contributed by atoms with van der Waals surface area (Å²) >= 11 is 0. The highest BCUT2D eigenvalue weighted by Gasteiger charge is 2.52. The first-order valence-corrected chi connectivity index (χ1v) is 19.0. The predicted molar refractivity (Wildman–Crippen MR) is 225 cm³/mol. The Labute approximate surface area is 323 Å². The van der Waals surface area contributed by atoms with Gasteiger partial charge in [-0.1, -0.05) is 176 Å². The van der Waals surface area contributed by atoms with Gasteiger partial charge in [-0.15, -0.1) is 0 Å². The first-order chi connectivity index (χ1) is 27.8. The van der Waals surface area contributed by atoms with Crippen LogP contribution in [0.3, 0.4) is 0 Å². The van der Waals surface area contributed by atoms with Crippen molar-refractivity contribution in [1.29, 1.82) is 0 Å². The van der Waals surface area contributed by atoms with Crippen molar-refractivity contribution in [3.05, 3.63) is 210 Å². The molecule has 2 aliphatic carbocycles. The molecule has 260 valence electrons. The zero-order valence-corrected chi connectivity index (χ0v) is 30.1. The van der Waals surface area contributed by atoms with Gasteiger partial charge < -0.3 is 4.42 Å². The molecule has 1 spiro atoms. The summed E-state index contributed by atoms with van der Waals surface area (Å²) in [4.78, 5) is 15.2. The van der Waals surface area contributed by atoms with E-state index in [1.54, 1.807) is 0 Å². The fraction of sp³-hybridized carbons (Fsp3) is 0.0192. The Morgan fingerprint density at radius 3 is 1.61 bits per heavy atom. The summed E-state index contributed by atoms with van der Waals surface area (Å²) in [6.45, 7) is 0. The lowest BCUT2D eigenvalue weighted by Crippen LogP contribution is -2.25. The maximum Gasteiger partial charge on any atom is 0.164 e. The Bertz CT molecular complexity index is 3140. The highest BCUT2D eigenvalue weighted by Crippen LogP contribution is 2.64. The Morgan fingerprint density at radius 1 is 0.339 bits per heavy atom. The van der Waals surface area contributed by atoms with Gasteiger partial charge in [-0.3, -0.25) is 0 Å². The van der Waals surface area contributed by atoms with E-state index in [1.165, 1.54) is 44.5 Å². The average molecular weight is 714 g/mol. The smallest absolute Gasteiger partial charge is 0.164 e. The molecule has 2 aliphatic rings. The van der Waals surface area contributed by atoms with Crippen LogP contribution >= 0.6 is 0 Å². The van der Waals surface area contributed by atoms with Gasteiger partial charge in [0.25, 0.3) is 0 Å². The summed E-state index contributed by atoms with van der Waals surface area (Å²) in [6, 6.07) is 66.6. The lowest BCUT2D eigenvalue weighted by molar-refractivity contribution is 0.669. The van der Waals surface area contributed by atoms with Crippen molar-refractivity contribution in [3.63, 3.8) is 0 Å². The van der Waals surface area contributed by atoms with Gasteiger partial charge in [-0.2, -0.15) is 0 Å². The second-order valence-electron chi connectivity index (χ2n) is 14.6. The second kappa shape index (κ2) is 11.8. The van der Waals surface area contributed by atoms with Gasteiger partial charge >= 0.3 is 0 Å². The highest BCUT2D eigenvalue weighted by atomic mass is 16.3. The van der Waals surface area contributed by atoms with E-state index in [9.17, 15) is 0 Å². The molecule has 0 radical (unpaired) electrons. The quantitative estimate of drug-likeness (QED) is 0.182. The average Bonchev–Trinajstić information content (AvgIpc) is 3.91. The van der Waals surface area contributed by atoms with Gasteiger partial charge in [0.15, 0.2) is 17.5 Å². The van der Waals surface area contributed by atoms with Crippen molar-refractivity contribution < 1.29 is 4.42 Å². The summed E-state index contributed by atoms with van der Waals surface area (Å²) in [6.07, 6.45) is 0. The molecule has 56 heavy (non-hydrogen) atoms. The Morgan fingerprint density at radius 2 is 0.875 bits per heavy atom. The van der Waals surface area contributed by atoms with Crippen molar-refractivity contribution in [3.8, 4) is 67.5 Å². The number of hydrogen-bond donors (Lipinski definition) is 0. The minimum Gasteiger partial charge on any atom is -0.455 e. The van der Waals surface area contributed by atoms with E-state index in [1.807, 2.05) is 66.7 Å². The van der Waals surface area contributed by atoms with Crippen LogP contribution in [0.15, 0.2) is 192 Å². The van der Waals surface area contributed by atoms with Crippen LogP contribution in [0, 0.1) is 0 Å². The molecule has 12 rings (SSSR count). The number of para-hydroxylation sites is 1. The van der Waals surface area contributed by atoms with Crippen molar-refractivity contribution >= 4 is 21.9 Å². The molecule has 0 fully saturated rings. The third-order valence-corrected chi connectivity index (χ3v) is 11.8. The minimum absolute atomic E-state index is 0.494. The van der Waals surface area contributed by atoms with Crippen LogP contribution in [-0.4, -0.2) is 15.0 Å². The molecule has 0 bridgehead atoms. The Balaban J connectivity index is 1.08. The van der Waals surface area contributed by atoms with E-state index in [-0.39, 0.29) is 0 Å². The molecule has 0 amide bonds. The predicted octanol–water partition coefficient (Wildman–Crippen LogP) is 12.8. The summed E-state index contributed by atoms with van der Waals surface area (Å²) in [5.74, 6) is 1.93. The zero-order chi connectivity index (χ0) is 36.8. The molecule has 1 atom stereocenters. The summed E-state index contributed by atoms with van der Waals surface area (Å²) in [5, 5.41) is 2.29. The van der Waals surface area contributed by atoms with Gasteiger partial charge in [0, 0.05) is 33.0 Å². The van der Waals surface area contributed by atoms with Crippen LogP contribution < -0.4 is 0 Å². The molecular weight excluding hydrogens is 683 g/mol. The molecule has 0 saturated heterocycles. The van der Waals surface area contributed by atoms with E-state index in [4.69, 9.17) is 19.4 Å². The zero-order valence-electron chi connectivity index (χ0n) is 30.1. The van der Waals surface area contributed by atoms with E-state index >= 15 is 0 Å². The molecule has 4 heteroatoms. The molecule has 2 heterocycles. The molecular formula is C52H31N3O. The topological polar surface area (TPSA) is 51.8 Å². The minimum atomic E-state index is -0.494. The fourth-order valence-corrected chi connectivity index (χ4v) is 9.43. The third-order valence-electron chi connectivity index (χ3n) is 11.8. The largest absolute Gasteiger partial charge is 0.455 e. The van der Waals surface area contributed by atoms with Crippen molar-refractivity contribution in [2.45, 2.75) is 5.41 Å². The lowest BCUT2D eigenvalue weighted by Gasteiger charge is -2.30. The number of hydrogen-bond acceptors (Lipinski definition) is 4. The SMILES string of the molecule is c1ccc(-c2nc(-c3ccccc3)nc(-c3ccccc3-c3ccc4c(c3)-c3ccccc3C43c4ccccc4-c4c3ccc3c4oc4ccccc43)n2)cc1. The van der Waals surface area contributed by atoms with Gasteiger partial charge in [0.1, 0.15) is 11.2 Å². The summed E-state index contributed by atoms with van der Waals surface area (Å²) < 4.78 is 6.72. The number of furan rings is 1. The van der Waals surface area contributed by atoms with E-state index in [0.717, 1.165) is 49.8 Å². The monoisotopic (exact) mass is 713 g/mol. The van der Waals surface area contributed by atoms with Gasteiger partial charge in [0.05, 0.1) is 5.41 Å². The lowest BCUT2D eigenvalue weighted by atomic mass is 9.70. The molecule has 4 nitrogen and oxygen atoms in total. The maximum atomic E-state index is 6.72. The van der Waals surface area contributed by atoms with E-state index < -0.39 is 5.41 Å². The summed E-state index contributed by atoms with van der Waals surface area (Å²) in [7, 11) is 0. The third kappa shape index (κ3) is 4.27. The number of benzene rings is 8. The molecule has 0 N–H and O–H groups in total. The highest BCUT2D eigenvalue weighted by molar-refractivity contribution is 6.13. The number of aromatic nitrogens is 3. The van der Waals surface area contributed by atoms with Crippen LogP contribution in [0.1, 0.15) is 22.3 Å². The van der Waals surface area contributed by atoms with Crippen LogP contribution in [-0.2, 0) is 5.41 Å². The van der Waals surface area contributed by atoms with Crippen molar-refractivity contribution in [2.75, 3.05) is 0 Å². The van der Waals surface area contributed by atoms with Crippen molar-refractivity contribution in [2.24, 2.45) is 0 Å². The summed E-state index contributed by atoms with van der Waals surface area (Å²) in [5.41, 5.74) is 16.4. The van der Waals surface area contributed by atoms with Gasteiger partial charge in [0.2, 0.25) is 0 Å². The second-order valence-corrected chi connectivity index (χ2v) is 14.6. The molecule has 1 unspecified atom stereocenters. The van der Waals surface area contributed by atoms with E-state index in [2.05, 4.69) is 121 Å². The van der Waals surface area contributed by atoms with Gasteiger partial charge in [-0.05, 0) is 62.2 Å². The van der Waals surface area contributed by atoms with Crippen LogP contribution in [0.2, 0.25) is 0 Å². The number of nitrogens with zero attached hydrogens (tertiary/aromatic N) is 3. The molecule has 0 saturated carbocycles. The Kier molecular flexibility index (Phi) is 6.52. The van der Waals surface area contributed by atoms with Crippen LogP contribution in [0.25, 0.3) is 89.5 Å². The van der Waals surface area contributed by atoms with Crippen LogP contribution in [0.5, 0.6) is 0 Å². The standard InChI is InChI=1S/C52H31N3O/c1-3-15-32(16-4-1)49-53-50(33-17-5-2-6-18-33)55-51(54-49)39-22-8-7-19-35(39)34-27-29-44-41(31-34)36-20-9-12-24-42(36)52(44)43-25-13-10-23-40(43)47-45(52)30-28-38-37-21-11-14-26-46(37)56-48(38)47/h1-31H. The van der Waals surface area contributed by atoms with Crippen LogP contribution in [0.4, 0.5) is 0 Å². The Hall–Kier alpha value is -7.43. The first-order valence-electron chi connectivity index (χ1n) is 19.0. The molecule has 2 aromatic heterocycles. The molecule has 8 aromatic carbocycles. The number of rotatable bonds is 4. The number of fused-ring (bicyclic) bond motifs is 14. The maximum absolute atomic E-state index is 6.72. The fourth-order valence-electron chi connectivity index (χ4n) is 9.43. The molecule has 0 aliphatic heterocycles.